The molecule has 1 rings (SSSR count). The van der Waals surface area contributed by atoms with Crippen LogP contribution in [-0.2, 0) is 0 Å². The van der Waals surface area contributed by atoms with Crippen LogP contribution in [-0.4, -0.2) is 16.0 Å². The third-order valence-corrected chi connectivity index (χ3v) is 1.68. The van der Waals surface area contributed by atoms with Crippen molar-refractivity contribution < 1.29 is 4.79 Å². The van der Waals surface area contributed by atoms with Gasteiger partial charge in [-0.15, -0.1) is 0 Å². The quantitative estimate of drug-likeness (QED) is 0.596. The van der Waals surface area contributed by atoms with Crippen molar-refractivity contribution in [3.8, 4) is 0 Å². The monoisotopic (exact) mass is 191 g/mol. The molecule has 4 heteroatoms. The second kappa shape index (κ2) is 5.55. The van der Waals surface area contributed by atoms with Crippen LogP contribution in [0.1, 0.15) is 20.8 Å². The fraction of sp³-hybridized carbons (Fsp3) is 0.714. The summed E-state index contributed by atoms with van der Waals surface area (Å²) >= 11 is 5.78. The van der Waals surface area contributed by atoms with E-state index in [9.17, 15) is 4.79 Å². The maximum absolute atomic E-state index is 10.2. The van der Waals surface area contributed by atoms with Crippen LogP contribution < -0.4 is 5.32 Å². The molecule has 1 fully saturated rings. The summed E-state index contributed by atoms with van der Waals surface area (Å²) in [5.74, 6) is 0.833. The lowest BCUT2D eigenvalue weighted by molar-refractivity contribution is 0.262. The highest BCUT2D eigenvalue weighted by Crippen LogP contribution is 2.09. The fourth-order valence-corrected chi connectivity index (χ4v) is 1.11. The van der Waals surface area contributed by atoms with Crippen molar-refractivity contribution in [3.63, 3.8) is 0 Å². The van der Waals surface area contributed by atoms with Gasteiger partial charge in [-0.1, -0.05) is 33.0 Å². The van der Waals surface area contributed by atoms with Gasteiger partial charge in [0, 0.05) is 0 Å². The van der Waals surface area contributed by atoms with Crippen LogP contribution in [0.5, 0.6) is 0 Å². The van der Waals surface area contributed by atoms with Gasteiger partial charge in [-0.2, -0.15) is 0 Å². The zero-order valence-corrected chi connectivity index (χ0v) is 8.64. The molecule has 0 aromatic heterocycles. The maximum atomic E-state index is 10.2. The molecular formula is C7H13NOS2. The van der Waals surface area contributed by atoms with Gasteiger partial charge >= 0.3 is 0 Å². The van der Waals surface area contributed by atoms with Gasteiger partial charge in [-0.05, 0) is 17.7 Å². The third kappa shape index (κ3) is 7.81. The van der Waals surface area contributed by atoms with Crippen molar-refractivity contribution in [3.05, 3.63) is 0 Å². The van der Waals surface area contributed by atoms with E-state index in [1.807, 2.05) is 0 Å². The summed E-state index contributed by atoms with van der Waals surface area (Å²) in [5, 5.41) is 2.53. The normalized spacial score (nSPS) is 16.0. The SMILES string of the molecule is CC(C)C.O=C1NCC(=S)S1. The Labute approximate surface area is 77.1 Å². The first-order valence-corrected chi connectivity index (χ1v) is 4.73. The van der Waals surface area contributed by atoms with E-state index >= 15 is 0 Å². The molecule has 64 valence electrons. The predicted molar refractivity (Wildman–Crippen MR) is 54.1 cm³/mol. The molecule has 0 spiro atoms. The van der Waals surface area contributed by atoms with Crippen LogP contribution in [0.4, 0.5) is 4.79 Å². The van der Waals surface area contributed by atoms with Crippen LogP contribution in [0.3, 0.4) is 0 Å². The Morgan fingerprint density at radius 3 is 2.09 bits per heavy atom. The lowest BCUT2D eigenvalue weighted by atomic mass is 10.3. The predicted octanol–water partition coefficient (Wildman–Crippen LogP) is 2.43. The molecule has 1 N–H and O–H groups in total. The molecule has 0 bridgehead atoms. The molecule has 1 saturated heterocycles. The molecule has 0 atom stereocenters. The minimum atomic E-state index is -0.0231. The Balaban J connectivity index is 0.000000218. The summed E-state index contributed by atoms with van der Waals surface area (Å²) in [7, 11) is 0. The van der Waals surface area contributed by atoms with Crippen molar-refractivity contribution in [2.45, 2.75) is 20.8 Å². The highest BCUT2D eigenvalue weighted by Gasteiger charge is 2.13. The van der Waals surface area contributed by atoms with Crippen LogP contribution in [0.25, 0.3) is 0 Å². The number of nitrogens with one attached hydrogen (secondary N) is 1. The lowest BCUT2D eigenvalue weighted by Gasteiger charge is -1.79. The zero-order chi connectivity index (χ0) is 8.85. The highest BCUT2D eigenvalue weighted by atomic mass is 32.2. The van der Waals surface area contributed by atoms with Gasteiger partial charge in [0.25, 0.3) is 5.24 Å². The number of thiocarbonyl (C=S) groups is 1. The van der Waals surface area contributed by atoms with Gasteiger partial charge in [0.05, 0.1) is 10.7 Å². The summed E-state index contributed by atoms with van der Waals surface area (Å²) in [4.78, 5) is 10.2. The van der Waals surface area contributed by atoms with E-state index in [1.165, 1.54) is 0 Å². The van der Waals surface area contributed by atoms with Crippen molar-refractivity contribution in [1.29, 1.82) is 0 Å². The average Bonchev–Trinajstić information content (AvgIpc) is 2.13. The number of hydrogen-bond acceptors (Lipinski definition) is 3. The van der Waals surface area contributed by atoms with Crippen LogP contribution in [0.2, 0.25) is 0 Å². The first kappa shape index (κ1) is 10.9. The number of hydrogen-bond donors (Lipinski definition) is 1. The van der Waals surface area contributed by atoms with Gasteiger partial charge in [0.1, 0.15) is 0 Å². The van der Waals surface area contributed by atoms with E-state index in [4.69, 9.17) is 0 Å². The molecule has 1 aliphatic heterocycles. The van der Waals surface area contributed by atoms with E-state index in [-0.39, 0.29) is 5.24 Å². The van der Waals surface area contributed by atoms with E-state index in [2.05, 4.69) is 38.3 Å². The largest absolute Gasteiger partial charge is 0.341 e. The Morgan fingerprint density at radius 1 is 1.55 bits per heavy atom. The van der Waals surface area contributed by atoms with Gasteiger partial charge in [0.2, 0.25) is 0 Å². The van der Waals surface area contributed by atoms with Gasteiger partial charge in [-0.25, -0.2) is 0 Å². The van der Waals surface area contributed by atoms with Gasteiger partial charge < -0.3 is 5.32 Å². The Morgan fingerprint density at radius 2 is 2.00 bits per heavy atom. The topological polar surface area (TPSA) is 29.1 Å². The number of thioether (sulfide) groups is 1. The van der Waals surface area contributed by atoms with E-state index in [0.29, 0.717) is 6.54 Å². The molecule has 0 unspecified atom stereocenters. The fourth-order valence-electron chi connectivity index (χ4n) is 0.320. The highest BCUT2D eigenvalue weighted by molar-refractivity contribution is 8.33. The first-order valence-electron chi connectivity index (χ1n) is 3.51. The number of rotatable bonds is 0. The summed E-state index contributed by atoms with van der Waals surface area (Å²) in [5.41, 5.74) is 0. The van der Waals surface area contributed by atoms with Gasteiger partial charge in [-0.3, -0.25) is 4.79 Å². The molecule has 1 amide bonds. The second-order valence-corrected chi connectivity index (χ2v) is 4.67. The van der Waals surface area contributed by atoms with Crippen molar-refractivity contribution in [1.82, 2.24) is 5.32 Å². The summed E-state index contributed by atoms with van der Waals surface area (Å²) in [6, 6.07) is 0. The Hall–Kier alpha value is -0.0900. The molecule has 0 radical (unpaired) electrons. The minimum absolute atomic E-state index is 0.0231. The zero-order valence-electron chi connectivity index (χ0n) is 7.01. The van der Waals surface area contributed by atoms with Crippen LogP contribution in [0, 0.1) is 5.92 Å². The minimum Gasteiger partial charge on any atom is -0.341 e. The van der Waals surface area contributed by atoms with E-state index in [0.717, 1.165) is 21.9 Å². The van der Waals surface area contributed by atoms with E-state index < -0.39 is 0 Å². The van der Waals surface area contributed by atoms with Crippen molar-refractivity contribution in [2.24, 2.45) is 5.92 Å². The molecule has 0 saturated carbocycles. The van der Waals surface area contributed by atoms with Crippen LogP contribution in [0.15, 0.2) is 0 Å². The molecule has 11 heavy (non-hydrogen) atoms. The standard InChI is InChI=1S/C4H10.C3H3NOS2/c1-4(2)3;5-3-4-1-2(6)7-3/h4H,1-3H3;1H2,(H,4,5). The molecule has 1 aliphatic rings. The molecule has 2 nitrogen and oxygen atoms in total. The molecule has 0 aromatic carbocycles. The molecule has 0 aliphatic carbocycles. The Bertz CT molecular complexity index is 140. The lowest BCUT2D eigenvalue weighted by Crippen LogP contribution is -2.11. The summed E-state index contributed by atoms with van der Waals surface area (Å²) in [6.07, 6.45) is 0. The van der Waals surface area contributed by atoms with Gasteiger partial charge in [0.15, 0.2) is 0 Å². The maximum Gasteiger partial charge on any atom is 0.284 e. The summed E-state index contributed by atoms with van der Waals surface area (Å²) in [6.45, 7) is 7.07. The average molecular weight is 191 g/mol. The molecule has 1 heterocycles. The molecular weight excluding hydrogens is 178 g/mol. The number of amides is 1. The Kier molecular flexibility index (Phi) is 5.50. The first-order chi connectivity index (χ1) is 5.02. The number of carbonyl (C=O) groups excluding carboxylic acids is 1. The van der Waals surface area contributed by atoms with Crippen LogP contribution >= 0.6 is 24.0 Å². The molecule has 0 aromatic rings. The van der Waals surface area contributed by atoms with Crippen molar-refractivity contribution >= 4 is 33.4 Å². The third-order valence-electron chi connectivity index (χ3n) is 0.584. The number of carbonyl (C=O) groups is 1. The van der Waals surface area contributed by atoms with E-state index in [1.54, 1.807) is 0 Å². The summed E-state index contributed by atoms with van der Waals surface area (Å²) < 4.78 is 0.741. The van der Waals surface area contributed by atoms with Crippen molar-refractivity contribution in [2.75, 3.05) is 6.54 Å². The smallest absolute Gasteiger partial charge is 0.284 e. The second-order valence-electron chi connectivity index (χ2n) is 2.85.